The highest BCUT2D eigenvalue weighted by Crippen LogP contribution is 2.41. The molecule has 49 heavy (non-hydrogen) atoms. The van der Waals surface area contributed by atoms with Crippen molar-refractivity contribution in [3.63, 3.8) is 0 Å². The number of amides is 5. The Morgan fingerprint density at radius 2 is 1.73 bits per heavy atom. The molecule has 6 aliphatic heterocycles. The third-order valence-corrected chi connectivity index (χ3v) is 12.1. The van der Waals surface area contributed by atoms with Crippen LogP contribution in [-0.2, 0) is 23.9 Å². The number of benzene rings is 1. The van der Waals surface area contributed by atoms with Crippen molar-refractivity contribution in [3.8, 4) is 5.75 Å². The van der Waals surface area contributed by atoms with Crippen LogP contribution in [-0.4, -0.2) is 125 Å². The lowest BCUT2D eigenvalue weighted by molar-refractivity contribution is -0.138. The number of carbonyl (C=O) groups excluding carboxylic acids is 3. The summed E-state index contributed by atoms with van der Waals surface area (Å²) >= 11 is 7.59. The minimum absolute atomic E-state index is 0.0656. The number of piperidine rings is 4. The number of alkyl halides is 3. The molecule has 2 aromatic rings. The van der Waals surface area contributed by atoms with Crippen LogP contribution in [0, 0.1) is 5.92 Å². The largest absolute Gasteiger partial charge is 0.506 e. The van der Waals surface area contributed by atoms with Crippen LogP contribution in [0.2, 0.25) is 5.02 Å². The standard InChI is InChI=1S/C33H41ClF3N7O4S/c34-24-16-20(15-23(29(24)45)33(35,36)37)17-26(30(46)42-12-10-41(11-13-42)27-18-40-6-1-21(27)2-7-40)39-31(47)43-8-3-22(4-9-43)44-19-28-25(5-14-49-28)38-32(44)48/h5,14-16,21-22,26-27,45H,1-4,6-13,17-19H2,(H,38,48)(H,39,47)/t26-,27?/m1/s1. The molecule has 0 spiro atoms. The molecule has 266 valence electrons. The Kier molecular flexibility index (Phi) is 9.63. The highest BCUT2D eigenvalue weighted by Gasteiger charge is 2.41. The smallest absolute Gasteiger partial charge is 0.420 e. The van der Waals surface area contributed by atoms with Crippen LogP contribution < -0.4 is 10.6 Å². The molecular weight excluding hydrogens is 683 g/mol. The monoisotopic (exact) mass is 723 g/mol. The summed E-state index contributed by atoms with van der Waals surface area (Å²) in [5.41, 5.74) is -0.393. The van der Waals surface area contributed by atoms with Gasteiger partial charge in [0.15, 0.2) is 0 Å². The van der Waals surface area contributed by atoms with Crippen molar-refractivity contribution in [2.24, 2.45) is 5.92 Å². The first kappa shape index (κ1) is 34.2. The van der Waals surface area contributed by atoms with Crippen LogP contribution >= 0.6 is 22.9 Å². The Morgan fingerprint density at radius 3 is 2.39 bits per heavy atom. The summed E-state index contributed by atoms with van der Waals surface area (Å²) in [5.74, 6) is -0.788. The molecule has 0 radical (unpaired) electrons. The Labute approximate surface area is 291 Å². The normalized spacial score (nSPS) is 25.6. The molecule has 3 N–H and O–H groups in total. The van der Waals surface area contributed by atoms with E-state index in [1.807, 2.05) is 11.4 Å². The van der Waals surface area contributed by atoms with E-state index in [4.69, 9.17) is 11.6 Å². The minimum Gasteiger partial charge on any atom is -0.506 e. The summed E-state index contributed by atoms with van der Waals surface area (Å²) in [5, 5.41) is 17.2. The highest BCUT2D eigenvalue weighted by atomic mass is 35.5. The fourth-order valence-electron chi connectivity index (χ4n) is 8.17. The molecule has 5 fully saturated rings. The number of phenolic OH excluding ortho intramolecular Hbond substituents is 1. The van der Waals surface area contributed by atoms with Gasteiger partial charge in [-0.1, -0.05) is 11.6 Å². The molecule has 2 atom stereocenters. The fraction of sp³-hybridized carbons (Fsp3) is 0.606. The van der Waals surface area contributed by atoms with E-state index in [-0.39, 0.29) is 30.0 Å². The first-order valence-corrected chi connectivity index (χ1v) is 18.2. The van der Waals surface area contributed by atoms with E-state index >= 15 is 0 Å². The Morgan fingerprint density at radius 1 is 1.02 bits per heavy atom. The molecule has 1 aromatic heterocycles. The molecule has 6 aliphatic rings. The van der Waals surface area contributed by atoms with Gasteiger partial charge >= 0.3 is 18.2 Å². The van der Waals surface area contributed by atoms with Crippen molar-refractivity contribution in [1.29, 1.82) is 0 Å². The maximum atomic E-state index is 14.0. The van der Waals surface area contributed by atoms with Crippen molar-refractivity contribution >= 4 is 46.6 Å². The second-order valence-electron chi connectivity index (χ2n) is 13.8. The van der Waals surface area contributed by atoms with Gasteiger partial charge in [0.1, 0.15) is 11.8 Å². The number of nitrogens with zero attached hydrogens (tertiary/aromatic N) is 5. The number of thiophene rings is 1. The number of halogens is 4. The Hall–Kier alpha value is -3.27. The van der Waals surface area contributed by atoms with Crippen LogP contribution in [0.1, 0.15) is 41.7 Å². The number of hydrogen-bond donors (Lipinski definition) is 3. The lowest BCUT2D eigenvalue weighted by Crippen LogP contribution is -2.63. The molecule has 11 nitrogen and oxygen atoms in total. The van der Waals surface area contributed by atoms with Gasteiger partial charge in [0.25, 0.3) is 0 Å². The van der Waals surface area contributed by atoms with Crippen molar-refractivity contribution in [3.05, 3.63) is 44.6 Å². The average Bonchev–Trinajstić information content (AvgIpc) is 3.56. The number of phenols is 1. The van der Waals surface area contributed by atoms with Crippen LogP contribution in [0.25, 0.3) is 0 Å². The van der Waals surface area contributed by atoms with E-state index in [0.29, 0.717) is 70.6 Å². The number of piperazine rings is 1. The quantitative estimate of drug-likeness (QED) is 0.405. The molecule has 8 rings (SSSR count). The Balaban J connectivity index is 1.03. The van der Waals surface area contributed by atoms with Gasteiger partial charge in [-0.25, -0.2) is 9.59 Å². The predicted octanol–water partition coefficient (Wildman–Crippen LogP) is 4.50. The van der Waals surface area contributed by atoms with Gasteiger partial charge in [0.2, 0.25) is 5.91 Å². The molecule has 1 unspecified atom stereocenters. The summed E-state index contributed by atoms with van der Waals surface area (Å²) in [4.78, 5) is 51.6. The van der Waals surface area contributed by atoms with E-state index in [1.54, 1.807) is 26.0 Å². The summed E-state index contributed by atoms with van der Waals surface area (Å²) in [6, 6.07) is 2.46. The third kappa shape index (κ3) is 7.17. The zero-order valence-corrected chi connectivity index (χ0v) is 28.6. The number of likely N-dealkylation sites (tertiary alicyclic amines) is 1. The number of fused-ring (bicyclic) bond motifs is 4. The van der Waals surface area contributed by atoms with Crippen LogP contribution in [0.4, 0.5) is 28.4 Å². The minimum atomic E-state index is -4.86. The molecule has 0 saturated carbocycles. The summed E-state index contributed by atoms with van der Waals surface area (Å²) in [7, 11) is 0. The van der Waals surface area contributed by atoms with Crippen molar-refractivity contribution < 1.29 is 32.7 Å². The SMILES string of the molecule is O=C(N[C@H](Cc1cc(Cl)c(O)c(C(F)(F)F)c1)C(=O)N1CCN(C2CN3CCC2CC3)CC1)N1CCC(N2Cc3sccc3NC2=O)CC1. The van der Waals surface area contributed by atoms with E-state index in [0.717, 1.165) is 36.3 Å². The van der Waals surface area contributed by atoms with Gasteiger partial charge in [-0.2, -0.15) is 13.2 Å². The van der Waals surface area contributed by atoms with Crippen molar-refractivity contribution in [2.75, 3.05) is 64.2 Å². The fourth-order valence-corrected chi connectivity index (χ4v) is 9.24. The lowest BCUT2D eigenvalue weighted by Gasteiger charge is -2.51. The maximum absolute atomic E-state index is 14.0. The summed E-state index contributed by atoms with van der Waals surface area (Å²) in [6.07, 6.45) is -1.63. The van der Waals surface area contributed by atoms with E-state index < -0.39 is 34.6 Å². The zero-order chi connectivity index (χ0) is 34.4. The van der Waals surface area contributed by atoms with Crippen LogP contribution in [0.15, 0.2) is 23.6 Å². The van der Waals surface area contributed by atoms with Crippen LogP contribution in [0.5, 0.6) is 5.75 Å². The van der Waals surface area contributed by atoms with Gasteiger partial charge in [0, 0.05) is 69.2 Å². The van der Waals surface area contributed by atoms with Gasteiger partial charge in [-0.05, 0) is 73.8 Å². The first-order chi connectivity index (χ1) is 23.4. The second-order valence-corrected chi connectivity index (χ2v) is 15.2. The maximum Gasteiger partial charge on any atom is 0.420 e. The number of anilines is 1. The summed E-state index contributed by atoms with van der Waals surface area (Å²) in [6.45, 7) is 6.80. The zero-order valence-electron chi connectivity index (χ0n) is 27.1. The average molecular weight is 724 g/mol. The number of carbonyl (C=O) groups is 3. The van der Waals surface area contributed by atoms with Gasteiger partial charge in [0.05, 0.1) is 22.8 Å². The topological polar surface area (TPSA) is 112 Å². The summed E-state index contributed by atoms with van der Waals surface area (Å²) < 4.78 is 41.2. The van der Waals surface area contributed by atoms with Gasteiger partial charge < -0.3 is 35.3 Å². The number of rotatable bonds is 6. The number of hydrogen-bond acceptors (Lipinski definition) is 7. The van der Waals surface area contributed by atoms with Crippen molar-refractivity contribution in [1.82, 2.24) is 29.8 Å². The number of urea groups is 2. The van der Waals surface area contributed by atoms with E-state index in [1.165, 1.54) is 18.9 Å². The second kappa shape index (κ2) is 13.8. The molecule has 7 heterocycles. The lowest BCUT2D eigenvalue weighted by atomic mass is 9.83. The molecule has 16 heteroatoms. The molecule has 5 saturated heterocycles. The predicted molar refractivity (Wildman–Crippen MR) is 179 cm³/mol. The number of aromatic hydroxyl groups is 1. The Bertz CT molecular complexity index is 1570. The van der Waals surface area contributed by atoms with E-state index in [2.05, 4.69) is 20.4 Å². The molecule has 5 amide bonds. The van der Waals surface area contributed by atoms with Gasteiger partial charge in [-0.3, -0.25) is 9.69 Å². The number of nitrogens with one attached hydrogen (secondary N) is 2. The first-order valence-electron chi connectivity index (χ1n) is 17.0. The molecular formula is C33H41ClF3N7O4S. The molecule has 2 bridgehead atoms. The third-order valence-electron chi connectivity index (χ3n) is 10.9. The van der Waals surface area contributed by atoms with Crippen LogP contribution in [0.3, 0.4) is 0 Å². The highest BCUT2D eigenvalue weighted by molar-refractivity contribution is 7.10. The van der Waals surface area contributed by atoms with Gasteiger partial charge in [-0.15, -0.1) is 11.3 Å². The van der Waals surface area contributed by atoms with E-state index in [9.17, 15) is 32.7 Å². The van der Waals surface area contributed by atoms with Crippen molar-refractivity contribution in [2.45, 2.75) is 63.0 Å². The molecule has 1 aromatic carbocycles. The molecule has 0 aliphatic carbocycles.